The average Bonchev–Trinajstić information content (AvgIpc) is 2.89. The minimum absolute atomic E-state index is 0.0369. The molecule has 0 aliphatic carbocycles. The van der Waals surface area contributed by atoms with E-state index < -0.39 is 30.5 Å². The van der Waals surface area contributed by atoms with Crippen LogP contribution in [0.3, 0.4) is 0 Å². The van der Waals surface area contributed by atoms with E-state index in [0.29, 0.717) is 5.56 Å². The van der Waals surface area contributed by atoms with E-state index in [1.54, 1.807) is 11.5 Å². The molecule has 0 fully saturated rings. The molecule has 24 heavy (non-hydrogen) atoms. The zero-order valence-electron chi connectivity index (χ0n) is 12.4. The number of aromatic nitrogens is 4. The summed E-state index contributed by atoms with van der Waals surface area (Å²) in [6.07, 6.45) is -4.62. The first-order valence-electron chi connectivity index (χ1n) is 6.73. The van der Waals surface area contributed by atoms with E-state index in [1.165, 1.54) is 25.1 Å². The Bertz CT molecular complexity index is 704. The first-order valence-corrected chi connectivity index (χ1v) is 6.73. The van der Waals surface area contributed by atoms with Gasteiger partial charge in [0.15, 0.2) is 6.61 Å². The number of rotatable bonds is 6. The van der Waals surface area contributed by atoms with Crippen LogP contribution in [0.1, 0.15) is 17.4 Å². The van der Waals surface area contributed by atoms with Crippen molar-refractivity contribution in [3.63, 3.8) is 0 Å². The number of amides is 1. The molecule has 1 atom stereocenters. The van der Waals surface area contributed by atoms with Crippen molar-refractivity contribution in [2.24, 2.45) is 0 Å². The van der Waals surface area contributed by atoms with Gasteiger partial charge in [0.1, 0.15) is 17.7 Å². The summed E-state index contributed by atoms with van der Waals surface area (Å²) in [5, 5.41) is 10.7. The lowest BCUT2D eigenvalue weighted by molar-refractivity contribution is -0.192. The maximum atomic E-state index is 13.3. The third kappa shape index (κ3) is 4.98. The highest BCUT2D eigenvalue weighted by molar-refractivity contribution is 5.79. The van der Waals surface area contributed by atoms with Crippen LogP contribution in [0.25, 0.3) is 0 Å². The van der Waals surface area contributed by atoms with Crippen molar-refractivity contribution in [1.29, 1.82) is 0 Å². The molecule has 0 saturated carbocycles. The van der Waals surface area contributed by atoms with Gasteiger partial charge in [0.2, 0.25) is 0 Å². The number of hydrogen-bond acceptors (Lipinski definition) is 5. The van der Waals surface area contributed by atoms with Gasteiger partial charge in [-0.15, -0.1) is 5.10 Å². The van der Waals surface area contributed by atoms with Crippen molar-refractivity contribution in [3.8, 4) is 0 Å². The maximum absolute atomic E-state index is 13.3. The molecule has 130 valence electrons. The average molecular weight is 347 g/mol. The summed E-state index contributed by atoms with van der Waals surface area (Å²) in [7, 11) is 0. The smallest absolute Gasteiger partial charge is 0.270 e. The number of aryl methyl sites for hydroxylation is 1. The zero-order chi connectivity index (χ0) is 17.7. The van der Waals surface area contributed by atoms with E-state index >= 15 is 0 Å². The highest BCUT2D eigenvalue weighted by atomic mass is 19.4. The van der Waals surface area contributed by atoms with E-state index in [1.807, 2.05) is 0 Å². The first kappa shape index (κ1) is 17.8. The minimum atomic E-state index is -4.59. The van der Waals surface area contributed by atoms with Gasteiger partial charge < -0.3 is 0 Å². The molecule has 2 rings (SSSR count). The molecule has 1 heterocycles. The third-order valence-electron chi connectivity index (χ3n) is 2.98. The Labute approximate surface area is 133 Å². The van der Waals surface area contributed by atoms with Crippen LogP contribution in [-0.4, -0.2) is 38.9 Å². The highest BCUT2D eigenvalue weighted by Crippen LogP contribution is 2.17. The molecule has 1 N–H and O–H groups in total. The molecule has 0 spiro atoms. The van der Waals surface area contributed by atoms with Gasteiger partial charge in [-0.05, 0) is 35.0 Å². The number of hydroxylamine groups is 1. The molecule has 0 bridgehead atoms. The number of hydrogen-bond donors (Lipinski definition) is 1. The fourth-order valence-corrected chi connectivity index (χ4v) is 1.96. The molecule has 1 aromatic heterocycles. The molecule has 0 aliphatic heterocycles. The Kier molecular flexibility index (Phi) is 5.44. The maximum Gasteiger partial charge on any atom is 0.414 e. The Morgan fingerprint density at radius 2 is 2.17 bits per heavy atom. The lowest BCUT2D eigenvalue weighted by Crippen LogP contribution is -2.37. The number of carbonyl (C=O) groups excluding carboxylic acids is 1. The van der Waals surface area contributed by atoms with E-state index in [0.717, 1.165) is 4.68 Å². The summed E-state index contributed by atoms with van der Waals surface area (Å²) in [4.78, 5) is 16.3. The molecule has 2 aromatic rings. The van der Waals surface area contributed by atoms with E-state index in [9.17, 15) is 22.4 Å². The number of nitrogens with zero attached hydrogens (tertiary/aromatic N) is 4. The fraction of sp³-hybridized carbons (Fsp3) is 0.385. The van der Waals surface area contributed by atoms with Crippen molar-refractivity contribution in [1.82, 2.24) is 25.7 Å². The first-order chi connectivity index (χ1) is 11.3. The second-order valence-corrected chi connectivity index (χ2v) is 4.89. The molecular formula is C13H13F4N5O2. The Morgan fingerprint density at radius 1 is 1.42 bits per heavy atom. The largest absolute Gasteiger partial charge is 0.414 e. The molecular weight excluding hydrogens is 334 g/mol. The molecule has 11 heteroatoms. The van der Waals surface area contributed by atoms with Gasteiger partial charge in [-0.1, -0.05) is 12.1 Å². The van der Waals surface area contributed by atoms with E-state index in [2.05, 4.69) is 20.4 Å². The van der Waals surface area contributed by atoms with E-state index in [-0.39, 0.29) is 12.2 Å². The summed E-state index contributed by atoms with van der Waals surface area (Å²) < 4.78 is 50.6. The van der Waals surface area contributed by atoms with Crippen LogP contribution in [-0.2, 0) is 16.1 Å². The quantitative estimate of drug-likeness (QED) is 0.633. The van der Waals surface area contributed by atoms with Crippen LogP contribution in [0, 0.1) is 12.7 Å². The predicted octanol–water partition coefficient (Wildman–Crippen LogP) is 1.51. The van der Waals surface area contributed by atoms with E-state index in [4.69, 9.17) is 0 Å². The number of alkyl halides is 3. The molecule has 1 aromatic carbocycles. The number of benzene rings is 1. The Hall–Kier alpha value is -2.56. The Balaban J connectivity index is 2.14. The number of halogens is 4. The fourth-order valence-electron chi connectivity index (χ4n) is 1.96. The van der Waals surface area contributed by atoms with Crippen molar-refractivity contribution in [3.05, 3.63) is 41.5 Å². The van der Waals surface area contributed by atoms with Gasteiger partial charge in [0.05, 0.1) is 0 Å². The minimum Gasteiger partial charge on any atom is -0.270 e. The summed E-state index contributed by atoms with van der Waals surface area (Å²) in [5.74, 6) is -1.13. The van der Waals surface area contributed by atoms with Gasteiger partial charge in [0, 0.05) is 6.42 Å². The molecule has 1 amide bonds. The summed E-state index contributed by atoms with van der Waals surface area (Å²) >= 11 is 0. The van der Waals surface area contributed by atoms with Crippen molar-refractivity contribution in [2.75, 3.05) is 6.61 Å². The van der Waals surface area contributed by atoms with Gasteiger partial charge in [-0.25, -0.2) is 14.6 Å². The summed E-state index contributed by atoms with van der Waals surface area (Å²) in [6.45, 7) is -0.123. The SMILES string of the molecule is Cc1nnnn1C(Cc1cccc(F)c1)C(=O)NOCC(F)(F)F. The summed E-state index contributed by atoms with van der Waals surface area (Å²) in [5.41, 5.74) is 2.17. The lowest BCUT2D eigenvalue weighted by atomic mass is 10.1. The second kappa shape index (κ2) is 7.34. The van der Waals surface area contributed by atoms with Gasteiger partial charge in [-0.2, -0.15) is 13.2 Å². The highest BCUT2D eigenvalue weighted by Gasteiger charge is 2.30. The summed E-state index contributed by atoms with van der Waals surface area (Å²) in [6, 6.07) is 4.35. The third-order valence-corrected chi connectivity index (χ3v) is 2.98. The van der Waals surface area contributed by atoms with Crippen LogP contribution >= 0.6 is 0 Å². The van der Waals surface area contributed by atoms with Crippen molar-refractivity contribution in [2.45, 2.75) is 25.6 Å². The number of carbonyl (C=O) groups is 1. The molecule has 0 aliphatic rings. The van der Waals surface area contributed by atoms with Gasteiger partial charge in [0.25, 0.3) is 5.91 Å². The number of tetrazole rings is 1. The van der Waals surface area contributed by atoms with Crippen molar-refractivity contribution >= 4 is 5.91 Å². The number of nitrogens with one attached hydrogen (secondary N) is 1. The van der Waals surface area contributed by atoms with Crippen molar-refractivity contribution < 1.29 is 27.2 Å². The van der Waals surface area contributed by atoms with Crippen LogP contribution < -0.4 is 5.48 Å². The molecule has 0 saturated heterocycles. The van der Waals surface area contributed by atoms with Crippen LogP contribution in [0.4, 0.5) is 17.6 Å². The molecule has 0 radical (unpaired) electrons. The standard InChI is InChI=1S/C13H13F4N5O2/c1-8-18-20-21-22(8)11(6-9-3-2-4-10(14)5-9)12(23)19-24-7-13(15,16)17/h2-5,11H,6-7H2,1H3,(H,19,23). The van der Waals surface area contributed by atoms with Gasteiger partial charge >= 0.3 is 6.18 Å². The topological polar surface area (TPSA) is 81.9 Å². The normalized spacial score (nSPS) is 12.9. The Morgan fingerprint density at radius 3 is 2.75 bits per heavy atom. The second-order valence-electron chi connectivity index (χ2n) is 4.89. The molecule has 1 unspecified atom stereocenters. The van der Waals surface area contributed by atoms with Crippen LogP contribution in [0.2, 0.25) is 0 Å². The molecule has 7 nitrogen and oxygen atoms in total. The monoisotopic (exact) mass is 347 g/mol. The lowest BCUT2D eigenvalue weighted by Gasteiger charge is -2.17. The van der Waals surface area contributed by atoms with Crippen LogP contribution in [0.5, 0.6) is 0 Å². The predicted molar refractivity (Wildman–Crippen MR) is 71.8 cm³/mol. The van der Waals surface area contributed by atoms with Crippen LogP contribution in [0.15, 0.2) is 24.3 Å². The van der Waals surface area contributed by atoms with Gasteiger partial charge in [-0.3, -0.25) is 9.63 Å². The zero-order valence-corrected chi connectivity index (χ0v) is 12.4.